The Morgan fingerprint density at radius 3 is 2.68 bits per heavy atom. The topological polar surface area (TPSA) is 101 Å². The van der Waals surface area contributed by atoms with Crippen molar-refractivity contribution in [3.63, 3.8) is 0 Å². The molecular weight excluding hydrogens is 324 g/mol. The van der Waals surface area contributed by atoms with E-state index in [2.05, 4.69) is 10.3 Å². The van der Waals surface area contributed by atoms with Crippen LogP contribution in [-0.4, -0.2) is 33.7 Å². The number of aromatic amines is 1. The molecule has 1 amide bonds. The molecule has 1 aliphatic rings. The number of carboxylic acid groups (broad SMARTS) is 1. The normalized spacial score (nSPS) is 20.0. The lowest BCUT2D eigenvalue weighted by molar-refractivity contribution is -0.0539. The number of ether oxygens (including phenoxy) is 2. The molecule has 7 heteroatoms. The van der Waals surface area contributed by atoms with Gasteiger partial charge in [0.1, 0.15) is 5.60 Å². The number of rotatable bonds is 2. The molecule has 0 fully saturated rings. The SMILES string of the molecule is CC(C)(C)OC(=O)NC1(OC(=O)O)CCc2[nH]c3ccccc3c2C1. The number of para-hydroxylation sites is 1. The predicted molar refractivity (Wildman–Crippen MR) is 91.5 cm³/mol. The highest BCUT2D eigenvalue weighted by Crippen LogP contribution is 2.35. The standard InChI is InChI=1S/C18H22N2O5/c1-17(2,3)24-15(21)20-18(25-16(22)23)9-8-14-12(10-18)11-6-4-5-7-13(11)19-14/h4-7,19H,8-10H2,1-3H3,(H,20,21)(H,22,23). The highest BCUT2D eigenvalue weighted by atomic mass is 16.7. The second kappa shape index (κ2) is 5.98. The first-order valence-electron chi connectivity index (χ1n) is 8.19. The highest BCUT2D eigenvalue weighted by Gasteiger charge is 2.42. The van der Waals surface area contributed by atoms with E-state index in [0.29, 0.717) is 12.8 Å². The Hall–Kier alpha value is -2.70. The van der Waals surface area contributed by atoms with Gasteiger partial charge in [-0.15, -0.1) is 0 Å². The molecule has 1 heterocycles. The fraction of sp³-hybridized carbons (Fsp3) is 0.444. The number of carbonyl (C=O) groups excluding carboxylic acids is 1. The van der Waals surface area contributed by atoms with Gasteiger partial charge in [-0.1, -0.05) is 18.2 Å². The lowest BCUT2D eigenvalue weighted by Gasteiger charge is -2.36. The van der Waals surface area contributed by atoms with Crippen molar-refractivity contribution in [3.8, 4) is 0 Å². The summed E-state index contributed by atoms with van der Waals surface area (Å²) in [4.78, 5) is 26.8. The van der Waals surface area contributed by atoms with Crippen molar-refractivity contribution >= 4 is 23.2 Å². The van der Waals surface area contributed by atoms with Crippen LogP contribution in [0.5, 0.6) is 0 Å². The van der Waals surface area contributed by atoms with Gasteiger partial charge < -0.3 is 19.6 Å². The average Bonchev–Trinajstić information content (AvgIpc) is 2.82. The van der Waals surface area contributed by atoms with Crippen molar-refractivity contribution in [1.29, 1.82) is 0 Å². The van der Waals surface area contributed by atoms with Crippen LogP contribution < -0.4 is 5.32 Å². The first-order valence-corrected chi connectivity index (χ1v) is 8.19. The zero-order valence-electron chi connectivity index (χ0n) is 14.5. The van der Waals surface area contributed by atoms with Crippen molar-refractivity contribution in [1.82, 2.24) is 10.3 Å². The first kappa shape index (κ1) is 17.1. The summed E-state index contributed by atoms with van der Waals surface area (Å²) < 4.78 is 10.4. The summed E-state index contributed by atoms with van der Waals surface area (Å²) in [7, 11) is 0. The zero-order valence-corrected chi connectivity index (χ0v) is 14.5. The number of aromatic nitrogens is 1. The molecule has 1 aromatic carbocycles. The Morgan fingerprint density at radius 1 is 1.28 bits per heavy atom. The second-order valence-corrected chi connectivity index (χ2v) is 7.29. The van der Waals surface area contributed by atoms with E-state index >= 15 is 0 Å². The van der Waals surface area contributed by atoms with Crippen LogP contribution in [0.3, 0.4) is 0 Å². The van der Waals surface area contributed by atoms with Gasteiger partial charge in [0, 0.05) is 29.4 Å². The summed E-state index contributed by atoms with van der Waals surface area (Å²) in [5.41, 5.74) is 0.952. The summed E-state index contributed by atoms with van der Waals surface area (Å²) in [5, 5.41) is 12.8. The van der Waals surface area contributed by atoms with Crippen molar-refractivity contribution in [2.75, 3.05) is 0 Å². The summed E-state index contributed by atoms with van der Waals surface area (Å²) in [5.74, 6) is 0. The average molecular weight is 346 g/mol. The summed E-state index contributed by atoms with van der Waals surface area (Å²) in [6.45, 7) is 5.24. The summed E-state index contributed by atoms with van der Waals surface area (Å²) in [6, 6.07) is 7.79. The molecule has 1 aliphatic carbocycles. The van der Waals surface area contributed by atoms with E-state index < -0.39 is 23.6 Å². The number of alkyl carbamates (subject to hydrolysis) is 1. The van der Waals surface area contributed by atoms with E-state index in [1.165, 1.54) is 0 Å². The fourth-order valence-electron chi connectivity index (χ4n) is 3.25. The predicted octanol–water partition coefficient (Wildman–Crippen LogP) is 3.57. The van der Waals surface area contributed by atoms with Gasteiger partial charge in [-0.2, -0.15) is 0 Å². The van der Waals surface area contributed by atoms with Crippen LogP contribution in [0.2, 0.25) is 0 Å². The van der Waals surface area contributed by atoms with Crippen LogP contribution >= 0.6 is 0 Å². The van der Waals surface area contributed by atoms with Gasteiger partial charge >= 0.3 is 12.2 Å². The molecule has 0 bridgehead atoms. The molecule has 2 aromatic rings. The van der Waals surface area contributed by atoms with Gasteiger partial charge in [0.15, 0.2) is 5.72 Å². The van der Waals surface area contributed by atoms with Gasteiger partial charge in [0.25, 0.3) is 0 Å². The van der Waals surface area contributed by atoms with Crippen LogP contribution in [0, 0.1) is 0 Å². The Kier molecular flexibility index (Phi) is 4.10. The number of fused-ring (bicyclic) bond motifs is 3. The summed E-state index contributed by atoms with van der Waals surface area (Å²) >= 11 is 0. The molecule has 25 heavy (non-hydrogen) atoms. The number of hydrogen-bond acceptors (Lipinski definition) is 4. The molecule has 7 nitrogen and oxygen atoms in total. The Morgan fingerprint density at radius 2 is 2.00 bits per heavy atom. The number of amides is 1. The molecule has 1 unspecified atom stereocenters. The minimum absolute atomic E-state index is 0.248. The van der Waals surface area contributed by atoms with Crippen LogP contribution in [0.4, 0.5) is 9.59 Å². The minimum Gasteiger partial charge on any atom is -0.450 e. The first-order chi connectivity index (χ1) is 11.7. The van der Waals surface area contributed by atoms with E-state index in [1.54, 1.807) is 20.8 Å². The fourth-order valence-corrected chi connectivity index (χ4v) is 3.25. The van der Waals surface area contributed by atoms with E-state index in [-0.39, 0.29) is 6.42 Å². The minimum atomic E-state index is -1.43. The van der Waals surface area contributed by atoms with Crippen LogP contribution in [-0.2, 0) is 22.3 Å². The second-order valence-electron chi connectivity index (χ2n) is 7.29. The molecule has 0 saturated heterocycles. The number of H-pyrrole nitrogens is 1. The Labute approximate surface area is 145 Å². The lowest BCUT2D eigenvalue weighted by atomic mass is 9.88. The van der Waals surface area contributed by atoms with E-state index in [4.69, 9.17) is 14.6 Å². The van der Waals surface area contributed by atoms with Crippen molar-refractivity contribution in [2.45, 2.75) is 51.4 Å². The molecule has 134 valence electrons. The zero-order chi connectivity index (χ0) is 18.2. The van der Waals surface area contributed by atoms with Crippen LogP contribution in [0.25, 0.3) is 10.9 Å². The van der Waals surface area contributed by atoms with E-state index in [9.17, 15) is 9.59 Å². The molecular formula is C18H22N2O5. The quantitative estimate of drug-likeness (QED) is 0.570. The monoisotopic (exact) mass is 346 g/mol. The number of aryl methyl sites for hydroxylation is 1. The largest absolute Gasteiger partial charge is 0.507 e. The molecule has 1 aromatic heterocycles. The maximum absolute atomic E-state index is 12.2. The lowest BCUT2D eigenvalue weighted by Crippen LogP contribution is -2.56. The van der Waals surface area contributed by atoms with Gasteiger partial charge in [0.2, 0.25) is 0 Å². The van der Waals surface area contributed by atoms with Gasteiger partial charge in [0.05, 0.1) is 0 Å². The molecule has 3 N–H and O–H groups in total. The highest BCUT2D eigenvalue weighted by molar-refractivity contribution is 5.85. The number of hydrogen-bond donors (Lipinski definition) is 3. The van der Waals surface area contributed by atoms with Gasteiger partial charge in [-0.25, -0.2) is 9.59 Å². The smallest absolute Gasteiger partial charge is 0.450 e. The van der Waals surface area contributed by atoms with Gasteiger partial charge in [-0.3, -0.25) is 5.32 Å². The van der Waals surface area contributed by atoms with Crippen molar-refractivity contribution < 1.29 is 24.2 Å². The van der Waals surface area contributed by atoms with E-state index in [1.807, 2.05) is 24.3 Å². The van der Waals surface area contributed by atoms with E-state index in [0.717, 1.165) is 22.2 Å². The third-order valence-corrected chi connectivity index (χ3v) is 4.15. The van der Waals surface area contributed by atoms with Crippen LogP contribution in [0.1, 0.15) is 38.4 Å². The Bertz CT molecular complexity index is 820. The molecule has 0 spiro atoms. The number of nitrogens with one attached hydrogen (secondary N) is 2. The van der Waals surface area contributed by atoms with Crippen molar-refractivity contribution in [2.24, 2.45) is 0 Å². The van der Waals surface area contributed by atoms with Gasteiger partial charge in [-0.05, 0) is 38.8 Å². The Balaban J connectivity index is 1.92. The maximum atomic E-state index is 12.2. The maximum Gasteiger partial charge on any atom is 0.507 e. The molecule has 1 atom stereocenters. The number of benzene rings is 1. The van der Waals surface area contributed by atoms with Crippen LogP contribution in [0.15, 0.2) is 24.3 Å². The molecule has 0 radical (unpaired) electrons. The number of carbonyl (C=O) groups is 2. The van der Waals surface area contributed by atoms with Crippen molar-refractivity contribution in [3.05, 3.63) is 35.5 Å². The molecule has 0 aliphatic heterocycles. The molecule has 0 saturated carbocycles. The molecule has 3 rings (SSSR count). The summed E-state index contributed by atoms with van der Waals surface area (Å²) in [6.07, 6.45) is -0.986. The third-order valence-electron chi connectivity index (χ3n) is 4.15. The third kappa shape index (κ3) is 3.70.